The van der Waals surface area contributed by atoms with Crippen molar-refractivity contribution in [2.24, 2.45) is 5.92 Å². The lowest BCUT2D eigenvalue weighted by Crippen LogP contribution is -2.50. The van der Waals surface area contributed by atoms with E-state index in [9.17, 15) is 20.4 Å². The molecule has 4 N–H and O–H groups in total. The highest BCUT2D eigenvalue weighted by Crippen LogP contribution is 2.39. The average Bonchev–Trinajstić information content (AvgIpc) is 2.65. The minimum atomic E-state index is -1.16. The third-order valence-electron chi connectivity index (χ3n) is 5.85. The third kappa shape index (κ3) is 4.92. The van der Waals surface area contributed by atoms with E-state index in [-0.39, 0.29) is 12.3 Å². The topological polar surface area (TPSA) is 80.9 Å². The normalized spacial score (nSPS) is 40.6. The molecule has 0 radical (unpaired) electrons. The fourth-order valence-corrected chi connectivity index (χ4v) is 4.28. The zero-order valence-electron chi connectivity index (χ0n) is 13.8. The molecule has 2 fully saturated rings. The highest BCUT2D eigenvalue weighted by Gasteiger charge is 2.43. The summed E-state index contributed by atoms with van der Waals surface area (Å²) in [4.78, 5) is 0. The SMILES string of the molecule is OC1CCC(O)CC(O)C(O)(C2CCCCCCCC2)CC1. The van der Waals surface area contributed by atoms with Crippen molar-refractivity contribution < 1.29 is 20.4 Å². The van der Waals surface area contributed by atoms with Gasteiger partial charge in [-0.1, -0.05) is 38.5 Å². The summed E-state index contributed by atoms with van der Waals surface area (Å²) in [6, 6.07) is 0. The Morgan fingerprint density at radius 3 is 1.82 bits per heavy atom. The van der Waals surface area contributed by atoms with Crippen LogP contribution >= 0.6 is 0 Å². The summed E-state index contributed by atoms with van der Waals surface area (Å²) in [5, 5.41) is 41.9. The molecule has 4 heteroatoms. The Hall–Kier alpha value is -0.160. The summed E-state index contributed by atoms with van der Waals surface area (Å²) >= 11 is 0. The Labute approximate surface area is 134 Å². The van der Waals surface area contributed by atoms with E-state index in [2.05, 4.69) is 0 Å². The standard InChI is InChI=1S/C18H34O4/c19-15-9-10-16(20)13-17(21)18(22,12-11-15)14-7-5-3-1-2-4-6-8-14/h14-17,19-22H,1-13H2. The van der Waals surface area contributed by atoms with Gasteiger partial charge in [-0.25, -0.2) is 0 Å². The molecule has 0 saturated heterocycles. The van der Waals surface area contributed by atoms with Crippen LogP contribution in [0.5, 0.6) is 0 Å². The van der Waals surface area contributed by atoms with Gasteiger partial charge in [0, 0.05) is 6.42 Å². The first-order chi connectivity index (χ1) is 10.5. The van der Waals surface area contributed by atoms with Crippen molar-refractivity contribution in [3.8, 4) is 0 Å². The van der Waals surface area contributed by atoms with Crippen LogP contribution in [0.2, 0.25) is 0 Å². The zero-order valence-corrected chi connectivity index (χ0v) is 13.8. The van der Waals surface area contributed by atoms with Crippen molar-refractivity contribution in [3.63, 3.8) is 0 Å². The predicted octanol–water partition coefficient (Wildman–Crippen LogP) is 2.51. The van der Waals surface area contributed by atoms with Gasteiger partial charge in [-0.3, -0.25) is 0 Å². The van der Waals surface area contributed by atoms with E-state index in [4.69, 9.17) is 0 Å². The lowest BCUT2D eigenvalue weighted by molar-refractivity contribution is -0.136. The van der Waals surface area contributed by atoms with E-state index < -0.39 is 23.9 Å². The van der Waals surface area contributed by atoms with Crippen LogP contribution in [0.15, 0.2) is 0 Å². The molecule has 0 amide bonds. The van der Waals surface area contributed by atoms with Gasteiger partial charge in [0.05, 0.1) is 23.9 Å². The molecule has 22 heavy (non-hydrogen) atoms. The molecule has 0 bridgehead atoms. The van der Waals surface area contributed by atoms with E-state index in [0.717, 1.165) is 25.7 Å². The number of aliphatic hydroxyl groups is 4. The predicted molar refractivity (Wildman–Crippen MR) is 86.5 cm³/mol. The number of hydrogen-bond acceptors (Lipinski definition) is 4. The zero-order chi connectivity index (χ0) is 16.0. The number of hydrogen-bond donors (Lipinski definition) is 4. The van der Waals surface area contributed by atoms with E-state index in [1.165, 1.54) is 25.7 Å². The molecule has 0 spiro atoms. The van der Waals surface area contributed by atoms with Crippen LogP contribution in [0.25, 0.3) is 0 Å². The second-order valence-corrected chi connectivity index (χ2v) is 7.56. The van der Waals surface area contributed by atoms with Crippen LogP contribution in [-0.2, 0) is 0 Å². The van der Waals surface area contributed by atoms with Gasteiger partial charge >= 0.3 is 0 Å². The minimum absolute atomic E-state index is 0.0816. The molecule has 4 unspecified atom stereocenters. The Bertz CT molecular complexity index is 312. The van der Waals surface area contributed by atoms with Gasteiger partial charge in [-0.05, 0) is 44.4 Å². The van der Waals surface area contributed by atoms with Crippen molar-refractivity contribution in [2.45, 2.75) is 107 Å². The summed E-state index contributed by atoms with van der Waals surface area (Å²) in [5.74, 6) is 0.0816. The molecule has 2 rings (SSSR count). The molecule has 0 aromatic rings. The average molecular weight is 314 g/mol. The molecule has 4 atom stereocenters. The smallest absolute Gasteiger partial charge is 0.0935 e. The van der Waals surface area contributed by atoms with Gasteiger partial charge in [0.25, 0.3) is 0 Å². The van der Waals surface area contributed by atoms with Gasteiger partial charge in [0.1, 0.15) is 0 Å². The molecule has 2 aliphatic carbocycles. The highest BCUT2D eigenvalue weighted by atomic mass is 16.3. The summed E-state index contributed by atoms with van der Waals surface area (Å²) < 4.78 is 0. The largest absolute Gasteiger partial charge is 0.393 e. The third-order valence-corrected chi connectivity index (χ3v) is 5.85. The Kier molecular flexibility index (Phi) is 7.13. The van der Waals surface area contributed by atoms with Crippen LogP contribution in [-0.4, -0.2) is 44.3 Å². The fraction of sp³-hybridized carbons (Fsp3) is 1.00. The maximum atomic E-state index is 11.3. The molecular formula is C18H34O4. The van der Waals surface area contributed by atoms with Gasteiger partial charge in [0.2, 0.25) is 0 Å². The Morgan fingerprint density at radius 2 is 1.18 bits per heavy atom. The van der Waals surface area contributed by atoms with E-state index >= 15 is 0 Å². The molecule has 0 heterocycles. The maximum absolute atomic E-state index is 11.3. The van der Waals surface area contributed by atoms with Gasteiger partial charge in [0.15, 0.2) is 0 Å². The van der Waals surface area contributed by atoms with Crippen molar-refractivity contribution >= 4 is 0 Å². The lowest BCUT2D eigenvalue weighted by atomic mass is 9.73. The van der Waals surface area contributed by atoms with Gasteiger partial charge in [-0.2, -0.15) is 0 Å². The number of rotatable bonds is 1. The van der Waals surface area contributed by atoms with Crippen LogP contribution in [0, 0.1) is 5.92 Å². The van der Waals surface area contributed by atoms with Crippen LogP contribution < -0.4 is 0 Å². The van der Waals surface area contributed by atoms with Gasteiger partial charge in [-0.15, -0.1) is 0 Å². The van der Waals surface area contributed by atoms with Crippen molar-refractivity contribution in [2.75, 3.05) is 0 Å². The Balaban J connectivity index is 2.12. The van der Waals surface area contributed by atoms with E-state index in [0.29, 0.717) is 25.7 Å². The summed E-state index contributed by atoms with van der Waals surface area (Å²) in [5.41, 5.74) is -1.16. The van der Waals surface area contributed by atoms with Crippen molar-refractivity contribution in [3.05, 3.63) is 0 Å². The summed E-state index contributed by atoms with van der Waals surface area (Å²) in [6.07, 6.45) is 9.25. The monoisotopic (exact) mass is 314 g/mol. The quantitative estimate of drug-likeness (QED) is 0.599. The maximum Gasteiger partial charge on any atom is 0.0935 e. The molecule has 2 saturated carbocycles. The first kappa shape index (κ1) is 18.2. The lowest BCUT2D eigenvalue weighted by Gasteiger charge is -2.41. The first-order valence-corrected chi connectivity index (χ1v) is 9.29. The highest BCUT2D eigenvalue weighted by molar-refractivity contribution is 4.95. The minimum Gasteiger partial charge on any atom is -0.393 e. The molecule has 0 aromatic heterocycles. The second-order valence-electron chi connectivity index (χ2n) is 7.56. The second kappa shape index (κ2) is 8.62. The Morgan fingerprint density at radius 1 is 0.636 bits per heavy atom. The molecule has 0 aliphatic heterocycles. The van der Waals surface area contributed by atoms with Crippen LogP contribution in [0.1, 0.15) is 83.5 Å². The molecule has 4 nitrogen and oxygen atoms in total. The molecule has 130 valence electrons. The van der Waals surface area contributed by atoms with Gasteiger partial charge < -0.3 is 20.4 Å². The van der Waals surface area contributed by atoms with Crippen LogP contribution in [0.3, 0.4) is 0 Å². The summed E-state index contributed by atoms with van der Waals surface area (Å²) in [6.45, 7) is 0. The summed E-state index contributed by atoms with van der Waals surface area (Å²) in [7, 11) is 0. The van der Waals surface area contributed by atoms with Crippen molar-refractivity contribution in [1.29, 1.82) is 0 Å². The van der Waals surface area contributed by atoms with Crippen LogP contribution in [0.4, 0.5) is 0 Å². The van der Waals surface area contributed by atoms with E-state index in [1.807, 2.05) is 0 Å². The first-order valence-electron chi connectivity index (χ1n) is 9.29. The van der Waals surface area contributed by atoms with Crippen molar-refractivity contribution in [1.82, 2.24) is 0 Å². The van der Waals surface area contributed by atoms with E-state index in [1.54, 1.807) is 0 Å². The molecular weight excluding hydrogens is 280 g/mol. The number of aliphatic hydroxyl groups excluding tert-OH is 3. The molecule has 0 aromatic carbocycles. The molecule has 2 aliphatic rings. The fourth-order valence-electron chi connectivity index (χ4n) is 4.28.